The van der Waals surface area contributed by atoms with E-state index in [0.717, 1.165) is 26.4 Å². The second-order valence-corrected chi connectivity index (χ2v) is 5.39. The fourth-order valence-electron chi connectivity index (χ4n) is 1.77. The van der Waals surface area contributed by atoms with Crippen molar-refractivity contribution in [1.82, 2.24) is 15.3 Å². The summed E-state index contributed by atoms with van der Waals surface area (Å²) in [5.41, 5.74) is 2.03. The Bertz CT molecular complexity index is 519. The molecule has 2 aromatic rings. The summed E-state index contributed by atoms with van der Waals surface area (Å²) in [6.45, 7) is 2.92. The highest BCUT2D eigenvalue weighted by molar-refractivity contribution is 14.1. The molecule has 1 aromatic heterocycles. The second kappa shape index (κ2) is 6.45. The van der Waals surface area contributed by atoms with E-state index in [0.29, 0.717) is 0 Å². The van der Waals surface area contributed by atoms with E-state index in [9.17, 15) is 0 Å². The maximum Gasteiger partial charge on any atom is 0.0801 e. The van der Waals surface area contributed by atoms with Crippen molar-refractivity contribution in [3.05, 3.63) is 56.6 Å². The van der Waals surface area contributed by atoms with Crippen LogP contribution in [0.2, 0.25) is 5.02 Å². The largest absolute Gasteiger partial charge is 0.305 e. The van der Waals surface area contributed by atoms with Gasteiger partial charge in [0.15, 0.2) is 0 Å². The van der Waals surface area contributed by atoms with E-state index in [4.69, 9.17) is 11.6 Å². The normalized spacial score (nSPS) is 12.4. The zero-order valence-corrected chi connectivity index (χ0v) is 12.8. The predicted molar refractivity (Wildman–Crippen MR) is 81.7 cm³/mol. The van der Waals surface area contributed by atoms with Crippen LogP contribution in [0.4, 0.5) is 0 Å². The first-order valence-corrected chi connectivity index (χ1v) is 7.12. The third kappa shape index (κ3) is 3.18. The van der Waals surface area contributed by atoms with Gasteiger partial charge in [-0.15, -0.1) is 0 Å². The summed E-state index contributed by atoms with van der Waals surface area (Å²) in [6.07, 6.45) is 5.16. The van der Waals surface area contributed by atoms with Crippen molar-refractivity contribution in [3.63, 3.8) is 0 Å². The minimum Gasteiger partial charge on any atom is -0.305 e. The monoisotopic (exact) mass is 373 g/mol. The molecule has 0 aliphatic rings. The van der Waals surface area contributed by atoms with Gasteiger partial charge in [0.25, 0.3) is 0 Å². The summed E-state index contributed by atoms with van der Waals surface area (Å²) in [4.78, 5) is 8.50. The molecular weight excluding hydrogens is 361 g/mol. The lowest BCUT2D eigenvalue weighted by Crippen LogP contribution is -2.23. The van der Waals surface area contributed by atoms with Gasteiger partial charge < -0.3 is 5.32 Å². The number of nitrogens with one attached hydrogen (secondary N) is 1. The number of nitrogens with zero attached hydrogens (tertiary/aromatic N) is 2. The fraction of sp³-hybridized carbons (Fsp3) is 0.231. The average Bonchev–Trinajstić information content (AvgIpc) is 2.40. The topological polar surface area (TPSA) is 37.8 Å². The maximum absolute atomic E-state index is 6.08. The van der Waals surface area contributed by atoms with Crippen LogP contribution in [-0.4, -0.2) is 16.5 Å². The van der Waals surface area contributed by atoms with Crippen molar-refractivity contribution < 1.29 is 0 Å². The van der Waals surface area contributed by atoms with Crippen molar-refractivity contribution >= 4 is 34.2 Å². The summed E-state index contributed by atoms with van der Waals surface area (Å²) >= 11 is 8.39. The molecule has 1 heterocycles. The highest BCUT2D eigenvalue weighted by atomic mass is 127. The van der Waals surface area contributed by atoms with Gasteiger partial charge in [0.1, 0.15) is 0 Å². The Hall–Kier alpha value is -0.720. The second-order valence-electron chi connectivity index (χ2n) is 3.79. The van der Waals surface area contributed by atoms with Gasteiger partial charge in [-0.3, -0.25) is 9.97 Å². The molecule has 2 rings (SSSR count). The minimum absolute atomic E-state index is 0.0225. The Balaban J connectivity index is 2.44. The van der Waals surface area contributed by atoms with E-state index in [1.807, 2.05) is 18.2 Å². The van der Waals surface area contributed by atoms with Crippen molar-refractivity contribution in [2.24, 2.45) is 0 Å². The SMILES string of the molecule is CCNC(c1cnccn1)c1cc(Cl)ccc1I. The van der Waals surface area contributed by atoms with E-state index < -0.39 is 0 Å². The van der Waals surface area contributed by atoms with Crippen LogP contribution < -0.4 is 5.32 Å². The Morgan fingerprint density at radius 1 is 1.39 bits per heavy atom. The highest BCUT2D eigenvalue weighted by Gasteiger charge is 2.17. The maximum atomic E-state index is 6.08. The summed E-state index contributed by atoms with van der Waals surface area (Å²) in [5, 5.41) is 4.15. The molecule has 5 heteroatoms. The van der Waals surface area contributed by atoms with Crippen LogP contribution in [0.15, 0.2) is 36.8 Å². The van der Waals surface area contributed by atoms with Gasteiger partial charge in [-0.25, -0.2) is 0 Å². The number of aromatic nitrogens is 2. The molecule has 0 fully saturated rings. The van der Waals surface area contributed by atoms with Crippen molar-refractivity contribution in [1.29, 1.82) is 0 Å². The molecule has 1 N–H and O–H groups in total. The quantitative estimate of drug-likeness (QED) is 0.835. The summed E-state index contributed by atoms with van der Waals surface area (Å²) < 4.78 is 1.16. The Morgan fingerprint density at radius 3 is 2.89 bits per heavy atom. The van der Waals surface area contributed by atoms with Crippen LogP contribution in [0.25, 0.3) is 0 Å². The van der Waals surface area contributed by atoms with E-state index in [2.05, 4.69) is 44.8 Å². The minimum atomic E-state index is 0.0225. The standard InChI is InChI=1S/C13H13ClIN3/c1-2-17-13(12-8-16-5-6-18-12)10-7-9(14)3-4-11(10)15/h3-8,13,17H,2H2,1H3. The lowest BCUT2D eigenvalue weighted by atomic mass is 10.0. The zero-order valence-electron chi connectivity index (χ0n) is 9.90. The van der Waals surface area contributed by atoms with Gasteiger partial charge in [-0.2, -0.15) is 0 Å². The van der Waals surface area contributed by atoms with Crippen LogP contribution in [0.5, 0.6) is 0 Å². The van der Waals surface area contributed by atoms with Gasteiger partial charge in [-0.05, 0) is 52.9 Å². The summed E-state index contributed by atoms with van der Waals surface area (Å²) in [5.74, 6) is 0. The third-order valence-corrected chi connectivity index (χ3v) is 3.77. The van der Waals surface area contributed by atoms with Gasteiger partial charge >= 0.3 is 0 Å². The Kier molecular flexibility index (Phi) is 4.91. The van der Waals surface area contributed by atoms with Gasteiger partial charge in [0, 0.05) is 21.0 Å². The number of hydrogen-bond acceptors (Lipinski definition) is 3. The van der Waals surface area contributed by atoms with Gasteiger partial charge in [-0.1, -0.05) is 18.5 Å². The molecule has 0 saturated heterocycles. The number of halogens is 2. The van der Waals surface area contributed by atoms with Crippen LogP contribution >= 0.6 is 34.2 Å². The van der Waals surface area contributed by atoms with Crippen LogP contribution in [0, 0.1) is 3.57 Å². The predicted octanol–water partition coefficient (Wildman–Crippen LogP) is 3.43. The van der Waals surface area contributed by atoms with E-state index in [-0.39, 0.29) is 6.04 Å². The smallest absolute Gasteiger partial charge is 0.0801 e. The first kappa shape index (κ1) is 13.7. The average molecular weight is 374 g/mol. The molecule has 18 heavy (non-hydrogen) atoms. The van der Waals surface area contributed by atoms with Crippen molar-refractivity contribution in [2.45, 2.75) is 13.0 Å². The van der Waals surface area contributed by atoms with Gasteiger partial charge in [0.2, 0.25) is 0 Å². The summed E-state index contributed by atoms with van der Waals surface area (Å²) in [7, 11) is 0. The lowest BCUT2D eigenvalue weighted by molar-refractivity contribution is 0.610. The molecule has 0 spiro atoms. The van der Waals surface area contributed by atoms with Crippen LogP contribution in [-0.2, 0) is 0 Å². The molecular formula is C13H13ClIN3. The van der Waals surface area contributed by atoms with Crippen molar-refractivity contribution in [2.75, 3.05) is 6.54 Å². The summed E-state index contributed by atoms with van der Waals surface area (Å²) in [6, 6.07) is 5.91. The molecule has 0 radical (unpaired) electrons. The molecule has 0 amide bonds. The molecule has 1 unspecified atom stereocenters. The first-order valence-electron chi connectivity index (χ1n) is 5.66. The molecule has 94 valence electrons. The van der Waals surface area contributed by atoms with E-state index in [1.54, 1.807) is 18.6 Å². The van der Waals surface area contributed by atoms with E-state index >= 15 is 0 Å². The van der Waals surface area contributed by atoms with Gasteiger partial charge in [0.05, 0.1) is 17.9 Å². The highest BCUT2D eigenvalue weighted by Crippen LogP contribution is 2.27. The Labute approximate surface area is 125 Å². The zero-order chi connectivity index (χ0) is 13.0. The molecule has 0 bridgehead atoms. The number of benzene rings is 1. The Morgan fingerprint density at radius 2 is 2.22 bits per heavy atom. The third-order valence-electron chi connectivity index (χ3n) is 2.56. The molecule has 0 aliphatic carbocycles. The number of rotatable bonds is 4. The number of hydrogen-bond donors (Lipinski definition) is 1. The molecule has 0 saturated carbocycles. The first-order chi connectivity index (χ1) is 8.72. The van der Waals surface area contributed by atoms with E-state index in [1.165, 1.54) is 0 Å². The molecule has 1 atom stereocenters. The lowest BCUT2D eigenvalue weighted by Gasteiger charge is -2.19. The molecule has 3 nitrogen and oxygen atoms in total. The van der Waals surface area contributed by atoms with Crippen LogP contribution in [0.3, 0.4) is 0 Å². The van der Waals surface area contributed by atoms with Crippen molar-refractivity contribution in [3.8, 4) is 0 Å². The van der Waals surface area contributed by atoms with Crippen LogP contribution in [0.1, 0.15) is 24.2 Å². The fourth-order valence-corrected chi connectivity index (χ4v) is 2.60. The molecule has 0 aliphatic heterocycles. The molecule has 1 aromatic carbocycles.